The maximum atomic E-state index is 5.44. The highest BCUT2D eigenvalue weighted by atomic mass is 15.2. The lowest BCUT2D eigenvalue weighted by Gasteiger charge is -2.18. The summed E-state index contributed by atoms with van der Waals surface area (Å²) in [6, 6.07) is 65.5. The number of nitrogens with zero attached hydrogens (tertiary/aromatic N) is 4. The number of rotatable bonds is 3. The topological polar surface area (TPSA) is 35.1 Å². The molecule has 4 nitrogen and oxygen atoms in total. The van der Waals surface area contributed by atoms with E-state index in [1.54, 1.807) is 0 Å². The van der Waals surface area contributed by atoms with Crippen LogP contribution in [-0.2, 0) is 0 Å². The van der Waals surface area contributed by atoms with Crippen LogP contribution in [0.5, 0.6) is 0 Å². The van der Waals surface area contributed by atoms with Gasteiger partial charge in [-0.3, -0.25) is 8.97 Å². The van der Waals surface area contributed by atoms with Gasteiger partial charge in [0.15, 0.2) is 0 Å². The first-order chi connectivity index (χ1) is 26.8. The van der Waals surface area contributed by atoms with Crippen LogP contribution in [0.25, 0.3) is 110 Å². The molecule has 0 spiro atoms. The van der Waals surface area contributed by atoms with Crippen molar-refractivity contribution < 1.29 is 0 Å². The Morgan fingerprint density at radius 3 is 1.67 bits per heavy atom. The van der Waals surface area contributed by atoms with Gasteiger partial charge in [0.05, 0.1) is 27.6 Å². The molecule has 0 saturated heterocycles. The van der Waals surface area contributed by atoms with E-state index < -0.39 is 0 Å². The van der Waals surface area contributed by atoms with E-state index in [-0.39, 0.29) is 0 Å². The van der Waals surface area contributed by atoms with Gasteiger partial charge in [-0.1, -0.05) is 140 Å². The Kier molecular flexibility index (Phi) is 6.02. The first-order valence-corrected chi connectivity index (χ1v) is 18.4. The summed E-state index contributed by atoms with van der Waals surface area (Å²) in [4.78, 5) is 10.6. The Morgan fingerprint density at radius 2 is 0.926 bits per heavy atom. The zero-order chi connectivity index (χ0) is 35.3. The minimum Gasteiger partial charge on any atom is -0.279 e. The average molecular weight is 687 g/mol. The molecule has 54 heavy (non-hydrogen) atoms. The molecule has 0 radical (unpaired) electrons. The normalized spacial score (nSPS) is 12.1. The summed E-state index contributed by atoms with van der Waals surface area (Å²) in [5.41, 5.74) is 10.9. The molecule has 0 N–H and O–H groups in total. The van der Waals surface area contributed by atoms with Crippen LogP contribution in [0.3, 0.4) is 0 Å². The molecule has 0 aliphatic rings. The van der Waals surface area contributed by atoms with Gasteiger partial charge in [-0.25, -0.2) is 9.97 Å². The maximum absolute atomic E-state index is 5.44. The van der Waals surface area contributed by atoms with Crippen LogP contribution < -0.4 is 0 Å². The second kappa shape index (κ2) is 11.1. The summed E-state index contributed by atoms with van der Waals surface area (Å²) in [6.07, 6.45) is 0. The number of aromatic nitrogens is 4. The molecule has 0 unspecified atom stereocenters. The number of imidazole rings is 1. The number of hydrogen-bond acceptors (Lipinski definition) is 2. The van der Waals surface area contributed by atoms with Crippen LogP contribution in [0.2, 0.25) is 0 Å². The van der Waals surface area contributed by atoms with E-state index in [0.29, 0.717) is 0 Å². The summed E-state index contributed by atoms with van der Waals surface area (Å²) in [7, 11) is 0. The highest BCUT2D eigenvalue weighted by Crippen LogP contribution is 2.46. The first-order valence-electron chi connectivity index (χ1n) is 18.4. The van der Waals surface area contributed by atoms with Gasteiger partial charge in [0.25, 0.3) is 0 Å². The molecule has 0 fully saturated rings. The third-order valence-corrected chi connectivity index (χ3v) is 11.3. The first kappa shape index (κ1) is 29.3. The van der Waals surface area contributed by atoms with Crippen LogP contribution in [-0.4, -0.2) is 18.9 Å². The Hall–Kier alpha value is -7.30. The van der Waals surface area contributed by atoms with Crippen molar-refractivity contribution >= 4 is 81.7 Å². The standard InChI is InChI=1S/C50H30N4/c1-2-15-32(16-3-1)46-35-18-6-8-20-37(35)47(38-21-9-7-19-36(38)46)33-27-28-43-40(30-33)48-34-17-5-4-14-31(34)26-29-45(48)53(43)50-52-41-23-11-10-22-39(41)49-51-42-24-12-13-25-44(42)54(49)50/h1-30H. The molecule has 3 aromatic heterocycles. The number of hydrogen-bond donors (Lipinski definition) is 0. The molecule has 0 amide bonds. The Morgan fingerprint density at radius 1 is 0.352 bits per heavy atom. The maximum Gasteiger partial charge on any atom is 0.221 e. The number of benzene rings is 9. The van der Waals surface area contributed by atoms with E-state index in [0.717, 1.165) is 44.6 Å². The van der Waals surface area contributed by atoms with E-state index in [4.69, 9.17) is 9.97 Å². The Labute approximate surface area is 309 Å². The molecule has 9 aromatic carbocycles. The van der Waals surface area contributed by atoms with E-state index >= 15 is 0 Å². The van der Waals surface area contributed by atoms with Gasteiger partial charge in [0.1, 0.15) is 5.65 Å². The average Bonchev–Trinajstić information content (AvgIpc) is 3.79. The predicted octanol–water partition coefficient (Wildman–Crippen LogP) is 12.9. The second-order valence-electron chi connectivity index (χ2n) is 14.1. The van der Waals surface area contributed by atoms with Crippen LogP contribution in [0.15, 0.2) is 182 Å². The van der Waals surface area contributed by atoms with Crippen molar-refractivity contribution in [3.05, 3.63) is 182 Å². The van der Waals surface area contributed by atoms with Crippen molar-refractivity contribution in [2.45, 2.75) is 0 Å². The minimum absolute atomic E-state index is 0.823. The SMILES string of the molecule is c1ccc(-c2c3ccccc3c(-c3ccc4c(c3)c3c5ccccc5ccc3n4-c3nc4ccccc4c4nc5ccccc5n34)c3ccccc23)cc1. The third-order valence-electron chi connectivity index (χ3n) is 11.3. The molecule has 12 aromatic rings. The van der Waals surface area contributed by atoms with Gasteiger partial charge < -0.3 is 0 Å². The molecule has 250 valence electrons. The van der Waals surface area contributed by atoms with Crippen molar-refractivity contribution in [2.24, 2.45) is 0 Å². The second-order valence-corrected chi connectivity index (χ2v) is 14.1. The van der Waals surface area contributed by atoms with E-state index in [1.807, 2.05) is 0 Å². The monoisotopic (exact) mass is 686 g/mol. The van der Waals surface area contributed by atoms with Gasteiger partial charge in [-0.05, 0) is 97.0 Å². The van der Waals surface area contributed by atoms with Gasteiger partial charge in [0, 0.05) is 16.2 Å². The lowest BCUT2D eigenvalue weighted by atomic mass is 9.85. The lowest BCUT2D eigenvalue weighted by Crippen LogP contribution is -2.06. The van der Waals surface area contributed by atoms with E-state index in [9.17, 15) is 0 Å². The molecule has 0 atom stereocenters. The summed E-state index contributed by atoms with van der Waals surface area (Å²) < 4.78 is 4.59. The molecule has 0 aliphatic carbocycles. The third kappa shape index (κ3) is 4.02. The number of para-hydroxylation sites is 3. The zero-order valence-corrected chi connectivity index (χ0v) is 29.1. The highest BCUT2D eigenvalue weighted by Gasteiger charge is 2.23. The smallest absolute Gasteiger partial charge is 0.221 e. The quantitative estimate of drug-likeness (QED) is 0.173. The summed E-state index contributed by atoms with van der Waals surface area (Å²) >= 11 is 0. The Balaban J connectivity index is 1.23. The highest BCUT2D eigenvalue weighted by molar-refractivity contribution is 6.25. The van der Waals surface area contributed by atoms with Crippen molar-refractivity contribution in [2.75, 3.05) is 0 Å². The molecule has 4 heteroatoms. The Bertz CT molecular complexity index is 3440. The minimum atomic E-state index is 0.823. The molecule has 0 saturated carbocycles. The van der Waals surface area contributed by atoms with Gasteiger partial charge in [0.2, 0.25) is 5.95 Å². The zero-order valence-electron chi connectivity index (χ0n) is 29.1. The largest absolute Gasteiger partial charge is 0.279 e. The van der Waals surface area contributed by atoms with Gasteiger partial charge in [-0.2, -0.15) is 0 Å². The summed E-state index contributed by atoms with van der Waals surface area (Å²) in [5, 5.41) is 10.8. The van der Waals surface area contributed by atoms with Gasteiger partial charge in [-0.15, -0.1) is 0 Å². The fourth-order valence-electron chi connectivity index (χ4n) is 8.99. The summed E-state index contributed by atoms with van der Waals surface area (Å²) in [5.74, 6) is 0.823. The lowest BCUT2D eigenvalue weighted by molar-refractivity contribution is 0.980. The van der Waals surface area contributed by atoms with Crippen LogP contribution >= 0.6 is 0 Å². The predicted molar refractivity (Wildman–Crippen MR) is 226 cm³/mol. The molecular weight excluding hydrogens is 657 g/mol. The van der Waals surface area contributed by atoms with E-state index in [1.165, 1.54) is 65.3 Å². The molecule has 12 rings (SSSR count). The van der Waals surface area contributed by atoms with Crippen molar-refractivity contribution in [1.82, 2.24) is 18.9 Å². The fourth-order valence-corrected chi connectivity index (χ4v) is 8.99. The van der Waals surface area contributed by atoms with Crippen LogP contribution in [0, 0.1) is 0 Å². The van der Waals surface area contributed by atoms with Crippen LogP contribution in [0.4, 0.5) is 0 Å². The van der Waals surface area contributed by atoms with Crippen molar-refractivity contribution in [3.63, 3.8) is 0 Å². The molecule has 0 bridgehead atoms. The molecule has 3 heterocycles. The van der Waals surface area contributed by atoms with Gasteiger partial charge >= 0.3 is 0 Å². The van der Waals surface area contributed by atoms with Crippen molar-refractivity contribution in [3.8, 4) is 28.2 Å². The molecular formula is C50H30N4. The van der Waals surface area contributed by atoms with Crippen molar-refractivity contribution in [1.29, 1.82) is 0 Å². The van der Waals surface area contributed by atoms with E-state index in [2.05, 4.69) is 191 Å². The summed E-state index contributed by atoms with van der Waals surface area (Å²) in [6.45, 7) is 0. The molecule has 0 aliphatic heterocycles. The fraction of sp³-hybridized carbons (Fsp3) is 0. The van der Waals surface area contributed by atoms with Crippen LogP contribution in [0.1, 0.15) is 0 Å². The number of fused-ring (bicyclic) bond motifs is 12.